The first-order chi connectivity index (χ1) is 29.2. The summed E-state index contributed by atoms with van der Waals surface area (Å²) in [7, 11) is 0. The van der Waals surface area contributed by atoms with E-state index in [0.29, 0.717) is 55.2 Å². The lowest BCUT2D eigenvalue weighted by atomic mass is 10.2. The number of hydrogen-bond donors (Lipinski definition) is 1. The van der Waals surface area contributed by atoms with Gasteiger partial charge in [-0.25, -0.2) is 19.2 Å². The van der Waals surface area contributed by atoms with E-state index >= 15 is 0 Å². The van der Waals surface area contributed by atoms with Crippen LogP contribution >= 0.6 is 0 Å². The largest absolute Gasteiger partial charge is 0.491 e. The maximum atomic E-state index is 12.6. The second-order valence-corrected chi connectivity index (χ2v) is 13.8. The van der Waals surface area contributed by atoms with Crippen LogP contribution in [0, 0.1) is 0 Å². The zero-order valence-electron chi connectivity index (χ0n) is 33.6. The number of carbonyl (C=O) groups excluding carboxylic acids is 5. The number of nitrogens with zero attached hydrogens (tertiary/aromatic N) is 2. The summed E-state index contributed by atoms with van der Waals surface area (Å²) in [6, 6.07) is 31.4. The van der Waals surface area contributed by atoms with Crippen molar-refractivity contribution in [3.63, 3.8) is 0 Å². The quantitative estimate of drug-likeness (QED) is 0.0768. The number of aliphatic hydroxyl groups is 1. The second kappa shape index (κ2) is 23.1. The Balaban J connectivity index is 0.000000228. The maximum absolute atomic E-state index is 12.6. The third kappa shape index (κ3) is 13.5. The molecule has 2 aliphatic rings. The highest BCUT2D eigenvalue weighted by atomic mass is 16.6. The first-order valence-corrected chi connectivity index (χ1v) is 19.7. The van der Waals surface area contributed by atoms with Crippen LogP contribution in [0.25, 0.3) is 0 Å². The molecule has 60 heavy (non-hydrogen) atoms. The lowest BCUT2D eigenvalue weighted by Crippen LogP contribution is -2.39. The van der Waals surface area contributed by atoms with E-state index in [1.807, 2.05) is 60.7 Å². The van der Waals surface area contributed by atoms with Crippen molar-refractivity contribution >= 4 is 30.6 Å². The van der Waals surface area contributed by atoms with Crippen LogP contribution < -0.4 is 9.47 Å². The van der Waals surface area contributed by atoms with Crippen LogP contribution in [-0.2, 0) is 41.7 Å². The van der Waals surface area contributed by atoms with E-state index in [-0.39, 0.29) is 57.6 Å². The van der Waals surface area contributed by atoms with E-state index in [1.54, 1.807) is 62.4 Å². The summed E-state index contributed by atoms with van der Waals surface area (Å²) in [6.07, 6.45) is -1.13. The van der Waals surface area contributed by atoms with Crippen molar-refractivity contribution < 1.29 is 62.2 Å². The molecule has 2 heterocycles. The molecular formula is C45H50N2O13. The van der Waals surface area contributed by atoms with Gasteiger partial charge >= 0.3 is 24.1 Å². The summed E-state index contributed by atoms with van der Waals surface area (Å²) >= 11 is 0. The van der Waals surface area contributed by atoms with Gasteiger partial charge in [0, 0.05) is 6.42 Å². The Bertz CT molecular complexity index is 1960. The molecule has 2 amide bonds. The van der Waals surface area contributed by atoms with E-state index in [1.165, 1.54) is 9.80 Å². The number of ether oxygens (including phenoxy) is 7. The van der Waals surface area contributed by atoms with Crippen LogP contribution in [0.5, 0.6) is 11.5 Å². The van der Waals surface area contributed by atoms with E-state index in [9.17, 15) is 29.1 Å². The van der Waals surface area contributed by atoms with Gasteiger partial charge in [0.15, 0.2) is 0 Å². The number of esters is 2. The van der Waals surface area contributed by atoms with Crippen molar-refractivity contribution in [2.45, 2.75) is 64.2 Å². The standard InChI is InChI=1S/C23H25NO7.C22H25NO6/c1-2-28-22(26)18-8-10-20(11-9-18)29-15-19-12-21(31-16-25)13-24(19)23(27)30-14-17-6-4-3-5-7-17;1-2-27-21(25)17-8-10-20(11-9-17)28-15-18-12-19(24)13-23(18)22(26)29-14-16-6-4-3-5-7-16/h3-11,16,19,21H,2,12-15H2,1H3;3-11,18-19,24H,2,12-15H2,1H3/t19-,21-;18-,19-/m00/s1. The molecule has 6 rings (SSSR count). The Morgan fingerprint density at radius 1 is 0.600 bits per heavy atom. The fraction of sp³-hybridized carbons (Fsp3) is 0.356. The fourth-order valence-electron chi connectivity index (χ4n) is 6.50. The fourth-order valence-corrected chi connectivity index (χ4v) is 6.50. The minimum Gasteiger partial charge on any atom is -0.491 e. The highest BCUT2D eigenvalue weighted by Crippen LogP contribution is 2.24. The summed E-state index contributed by atoms with van der Waals surface area (Å²) in [5, 5.41) is 9.99. The molecule has 1 N–H and O–H groups in total. The molecule has 2 aliphatic heterocycles. The van der Waals surface area contributed by atoms with Crippen LogP contribution in [0.2, 0.25) is 0 Å². The summed E-state index contributed by atoms with van der Waals surface area (Å²) in [5.74, 6) is 0.332. The first kappa shape index (κ1) is 44.5. The van der Waals surface area contributed by atoms with Gasteiger partial charge in [-0.15, -0.1) is 0 Å². The number of aliphatic hydroxyl groups excluding tert-OH is 1. The number of benzene rings is 4. The van der Waals surface area contributed by atoms with Gasteiger partial charge in [0.1, 0.15) is 44.0 Å². The van der Waals surface area contributed by atoms with Crippen LogP contribution in [0.3, 0.4) is 0 Å². The average Bonchev–Trinajstić information content (AvgIpc) is 3.87. The molecule has 2 saturated heterocycles. The van der Waals surface area contributed by atoms with Crippen molar-refractivity contribution in [3.8, 4) is 11.5 Å². The molecule has 2 fully saturated rings. The molecule has 0 bridgehead atoms. The predicted molar refractivity (Wildman–Crippen MR) is 216 cm³/mol. The molecule has 0 unspecified atom stereocenters. The van der Waals surface area contributed by atoms with Crippen LogP contribution in [-0.4, -0.2) is 109 Å². The molecule has 4 aromatic rings. The van der Waals surface area contributed by atoms with Crippen LogP contribution in [0.15, 0.2) is 109 Å². The molecule has 4 atom stereocenters. The monoisotopic (exact) mass is 826 g/mol. The number of hydrogen-bond acceptors (Lipinski definition) is 13. The van der Waals surface area contributed by atoms with E-state index < -0.39 is 30.4 Å². The minimum atomic E-state index is -0.612. The van der Waals surface area contributed by atoms with Crippen molar-refractivity contribution in [1.29, 1.82) is 0 Å². The van der Waals surface area contributed by atoms with Crippen molar-refractivity contribution in [3.05, 3.63) is 131 Å². The molecule has 0 aliphatic carbocycles. The number of rotatable bonds is 16. The molecule has 4 aromatic carbocycles. The van der Waals surface area contributed by atoms with Gasteiger partial charge in [-0.3, -0.25) is 14.6 Å². The minimum absolute atomic E-state index is 0.151. The normalized spacial score (nSPS) is 18.0. The summed E-state index contributed by atoms with van der Waals surface area (Å²) in [4.78, 5) is 62.3. The molecular weight excluding hydrogens is 776 g/mol. The van der Waals surface area contributed by atoms with Crippen LogP contribution in [0.1, 0.15) is 58.5 Å². The highest BCUT2D eigenvalue weighted by Gasteiger charge is 2.38. The van der Waals surface area contributed by atoms with Gasteiger partial charge in [-0.2, -0.15) is 0 Å². The van der Waals surface area contributed by atoms with Crippen LogP contribution in [0.4, 0.5) is 9.59 Å². The van der Waals surface area contributed by atoms with Gasteiger partial charge in [-0.05, 0) is 79.9 Å². The van der Waals surface area contributed by atoms with E-state index in [2.05, 4.69) is 0 Å². The Morgan fingerprint density at radius 2 is 1.03 bits per heavy atom. The summed E-state index contributed by atoms with van der Waals surface area (Å²) < 4.78 is 37.3. The van der Waals surface area contributed by atoms with E-state index in [4.69, 9.17) is 33.2 Å². The Labute approximate surface area is 348 Å². The van der Waals surface area contributed by atoms with Crippen molar-refractivity contribution in [2.24, 2.45) is 0 Å². The first-order valence-electron chi connectivity index (χ1n) is 19.7. The highest BCUT2D eigenvalue weighted by molar-refractivity contribution is 5.90. The Morgan fingerprint density at radius 3 is 1.47 bits per heavy atom. The van der Waals surface area contributed by atoms with Gasteiger partial charge in [0.05, 0.1) is 55.6 Å². The van der Waals surface area contributed by atoms with E-state index in [0.717, 1.165) is 11.1 Å². The molecule has 15 heteroatoms. The van der Waals surface area contributed by atoms with Gasteiger partial charge in [-0.1, -0.05) is 60.7 Å². The molecule has 0 aromatic heterocycles. The molecule has 318 valence electrons. The second-order valence-electron chi connectivity index (χ2n) is 13.8. The number of amides is 2. The zero-order valence-corrected chi connectivity index (χ0v) is 33.6. The summed E-state index contributed by atoms with van der Waals surface area (Å²) in [5.41, 5.74) is 2.66. The number of carbonyl (C=O) groups is 5. The third-order valence-corrected chi connectivity index (χ3v) is 9.51. The summed E-state index contributed by atoms with van der Waals surface area (Å²) in [6.45, 7) is 5.69. The van der Waals surface area contributed by atoms with Gasteiger partial charge in [0.2, 0.25) is 0 Å². The lowest BCUT2D eigenvalue weighted by Gasteiger charge is -2.24. The SMILES string of the molecule is CCOC(=O)c1ccc(OC[C@@H]2C[C@H](O)CN2C(=O)OCc2ccccc2)cc1.CCOC(=O)c1ccc(OC[C@@H]2C[C@H](OC=O)CN2C(=O)OCc2ccccc2)cc1. The molecule has 15 nitrogen and oxygen atoms in total. The maximum Gasteiger partial charge on any atom is 0.410 e. The average molecular weight is 827 g/mol. The molecule has 0 spiro atoms. The Hall–Kier alpha value is -6.61. The Kier molecular flexibility index (Phi) is 17.1. The smallest absolute Gasteiger partial charge is 0.410 e. The van der Waals surface area contributed by atoms with Crippen molar-refractivity contribution in [1.82, 2.24) is 9.80 Å². The molecule has 0 saturated carbocycles. The van der Waals surface area contributed by atoms with Gasteiger partial charge in [0.25, 0.3) is 6.47 Å². The zero-order chi connectivity index (χ0) is 42.7. The molecule has 0 radical (unpaired) electrons. The number of β-amino-alcohol motifs (C(OH)–C–C–N with tert-alkyl or cyclic N) is 1. The lowest BCUT2D eigenvalue weighted by molar-refractivity contribution is -0.132. The third-order valence-electron chi connectivity index (χ3n) is 9.51. The number of likely N-dealkylation sites (tertiary alicyclic amines) is 2. The topological polar surface area (TPSA) is 177 Å². The predicted octanol–water partition coefficient (Wildman–Crippen LogP) is 6.21. The van der Waals surface area contributed by atoms with Gasteiger partial charge < -0.3 is 38.3 Å². The van der Waals surface area contributed by atoms with Crippen molar-refractivity contribution in [2.75, 3.05) is 39.5 Å².